The molecule has 152 valence electrons. The van der Waals surface area contributed by atoms with Crippen LogP contribution in [0.2, 0.25) is 0 Å². The van der Waals surface area contributed by atoms with Gasteiger partial charge in [0, 0.05) is 21.8 Å². The van der Waals surface area contributed by atoms with Crippen molar-refractivity contribution in [2.24, 2.45) is 0 Å². The quantitative estimate of drug-likeness (QED) is 0.631. The van der Waals surface area contributed by atoms with Crippen molar-refractivity contribution in [1.82, 2.24) is 19.9 Å². The van der Waals surface area contributed by atoms with Gasteiger partial charge in [0.2, 0.25) is 5.91 Å². The highest BCUT2D eigenvalue weighted by Gasteiger charge is 2.19. The Morgan fingerprint density at radius 1 is 1.28 bits per heavy atom. The van der Waals surface area contributed by atoms with E-state index in [2.05, 4.69) is 31.2 Å². The minimum absolute atomic E-state index is 0.153. The lowest BCUT2D eigenvalue weighted by atomic mass is 10.1. The Morgan fingerprint density at radius 2 is 2.03 bits per heavy atom. The van der Waals surface area contributed by atoms with Crippen LogP contribution < -0.4 is 15.6 Å². The Hall–Kier alpha value is -2.74. The Balaban J connectivity index is 2.19. The van der Waals surface area contributed by atoms with Crippen molar-refractivity contribution in [3.63, 3.8) is 0 Å². The van der Waals surface area contributed by atoms with Crippen LogP contribution in [0.3, 0.4) is 0 Å². The fourth-order valence-electron chi connectivity index (χ4n) is 2.94. The SMILES string of the molecule is CCOc1cccc(-c2nc3ncc(Br)cc3c(=O)n2CC(=O)NC(C)(C)C)c1. The zero-order chi connectivity index (χ0) is 21.2. The number of carbonyl (C=O) groups excluding carboxylic acids is 1. The summed E-state index contributed by atoms with van der Waals surface area (Å²) in [6, 6.07) is 8.95. The molecule has 8 heteroatoms. The number of benzene rings is 1. The third-order valence-corrected chi connectivity index (χ3v) is 4.43. The van der Waals surface area contributed by atoms with E-state index in [-0.39, 0.29) is 18.0 Å². The zero-order valence-electron chi connectivity index (χ0n) is 16.8. The number of fused-ring (bicyclic) bond motifs is 1. The molecule has 0 saturated carbocycles. The number of nitrogens with one attached hydrogen (secondary N) is 1. The van der Waals surface area contributed by atoms with E-state index in [4.69, 9.17) is 4.74 Å². The summed E-state index contributed by atoms with van der Waals surface area (Å²) in [5.74, 6) is 0.752. The largest absolute Gasteiger partial charge is 0.494 e. The van der Waals surface area contributed by atoms with Gasteiger partial charge in [0.1, 0.15) is 18.1 Å². The number of pyridine rings is 1. The molecule has 0 atom stereocenters. The minimum Gasteiger partial charge on any atom is -0.494 e. The first-order chi connectivity index (χ1) is 13.7. The molecular weight excluding hydrogens is 436 g/mol. The van der Waals surface area contributed by atoms with Crippen molar-refractivity contribution < 1.29 is 9.53 Å². The molecule has 7 nitrogen and oxygen atoms in total. The van der Waals surface area contributed by atoms with E-state index in [0.29, 0.717) is 39.3 Å². The lowest BCUT2D eigenvalue weighted by Crippen LogP contribution is -2.43. The first-order valence-electron chi connectivity index (χ1n) is 9.28. The van der Waals surface area contributed by atoms with Gasteiger partial charge in [0.05, 0.1) is 12.0 Å². The first-order valence-corrected chi connectivity index (χ1v) is 10.1. The molecule has 0 spiro atoms. The van der Waals surface area contributed by atoms with E-state index >= 15 is 0 Å². The van der Waals surface area contributed by atoms with Gasteiger partial charge >= 0.3 is 0 Å². The van der Waals surface area contributed by atoms with Crippen LogP contribution in [0.15, 0.2) is 45.8 Å². The van der Waals surface area contributed by atoms with Crippen molar-refractivity contribution in [2.45, 2.75) is 39.8 Å². The molecule has 1 N–H and O–H groups in total. The Kier molecular flexibility index (Phi) is 6.02. The normalized spacial score (nSPS) is 11.5. The monoisotopic (exact) mass is 458 g/mol. The first kappa shape index (κ1) is 21.0. The maximum Gasteiger partial charge on any atom is 0.263 e. The molecule has 1 amide bonds. The molecule has 0 fully saturated rings. The molecule has 29 heavy (non-hydrogen) atoms. The van der Waals surface area contributed by atoms with Crippen LogP contribution in [0.1, 0.15) is 27.7 Å². The van der Waals surface area contributed by atoms with Crippen LogP contribution in [-0.2, 0) is 11.3 Å². The van der Waals surface area contributed by atoms with Crippen LogP contribution in [0.25, 0.3) is 22.4 Å². The summed E-state index contributed by atoms with van der Waals surface area (Å²) in [5.41, 5.74) is 0.250. The van der Waals surface area contributed by atoms with Gasteiger partial charge in [-0.1, -0.05) is 12.1 Å². The van der Waals surface area contributed by atoms with E-state index in [9.17, 15) is 9.59 Å². The van der Waals surface area contributed by atoms with Crippen LogP contribution >= 0.6 is 15.9 Å². The molecular formula is C21H23BrN4O3. The van der Waals surface area contributed by atoms with Crippen molar-refractivity contribution in [2.75, 3.05) is 6.61 Å². The third-order valence-electron chi connectivity index (χ3n) is 4.00. The lowest BCUT2D eigenvalue weighted by molar-refractivity contribution is -0.123. The van der Waals surface area contributed by atoms with E-state index in [1.165, 1.54) is 4.57 Å². The fraction of sp³-hybridized carbons (Fsp3) is 0.333. The number of carbonyl (C=O) groups is 1. The topological polar surface area (TPSA) is 86.1 Å². The second kappa shape index (κ2) is 8.32. The predicted molar refractivity (Wildman–Crippen MR) is 116 cm³/mol. The summed E-state index contributed by atoms with van der Waals surface area (Å²) in [6.07, 6.45) is 1.59. The molecule has 2 aromatic heterocycles. The van der Waals surface area contributed by atoms with Gasteiger partial charge in [-0.15, -0.1) is 0 Å². The molecule has 1 aromatic carbocycles. The highest BCUT2D eigenvalue weighted by molar-refractivity contribution is 9.10. The summed E-state index contributed by atoms with van der Waals surface area (Å²) in [6.45, 7) is 7.93. The van der Waals surface area contributed by atoms with Crippen LogP contribution in [0, 0.1) is 0 Å². The number of amides is 1. The lowest BCUT2D eigenvalue weighted by Gasteiger charge is -2.21. The Morgan fingerprint density at radius 3 is 2.72 bits per heavy atom. The standard InChI is InChI=1S/C21H23BrN4O3/c1-5-29-15-8-6-7-13(9-15)19-24-18-16(10-14(22)11-23-18)20(28)26(19)12-17(27)25-21(2,3)4/h6-11H,5,12H2,1-4H3,(H,25,27). The molecule has 3 rings (SSSR count). The predicted octanol–water partition coefficient (Wildman–Crippen LogP) is 3.53. The Bertz CT molecular complexity index is 1120. The van der Waals surface area contributed by atoms with E-state index in [1.807, 2.05) is 45.9 Å². The zero-order valence-corrected chi connectivity index (χ0v) is 18.4. The Labute approximate surface area is 177 Å². The molecule has 3 aromatic rings. The molecule has 0 saturated heterocycles. The molecule has 0 unspecified atom stereocenters. The van der Waals surface area contributed by atoms with Gasteiger partial charge < -0.3 is 10.1 Å². The summed E-state index contributed by atoms with van der Waals surface area (Å²) >= 11 is 3.34. The maximum atomic E-state index is 13.2. The number of aromatic nitrogens is 3. The van der Waals surface area contributed by atoms with Crippen molar-refractivity contribution in [3.8, 4) is 17.1 Å². The number of rotatable bonds is 5. The fourth-order valence-corrected chi connectivity index (χ4v) is 3.27. The van der Waals surface area contributed by atoms with E-state index in [1.54, 1.807) is 18.3 Å². The molecule has 0 aliphatic carbocycles. The number of hydrogen-bond donors (Lipinski definition) is 1. The van der Waals surface area contributed by atoms with Gasteiger partial charge in [0.25, 0.3) is 5.56 Å². The van der Waals surface area contributed by atoms with Crippen molar-refractivity contribution in [1.29, 1.82) is 0 Å². The van der Waals surface area contributed by atoms with Gasteiger partial charge in [0.15, 0.2) is 5.65 Å². The van der Waals surface area contributed by atoms with Gasteiger partial charge in [-0.25, -0.2) is 9.97 Å². The summed E-state index contributed by atoms with van der Waals surface area (Å²) < 4.78 is 7.62. The van der Waals surface area contributed by atoms with Crippen LogP contribution in [0.5, 0.6) is 5.75 Å². The van der Waals surface area contributed by atoms with E-state index < -0.39 is 5.54 Å². The molecule has 0 aliphatic heterocycles. The third kappa shape index (κ3) is 5.00. The van der Waals surface area contributed by atoms with Crippen molar-refractivity contribution in [3.05, 3.63) is 51.4 Å². The van der Waals surface area contributed by atoms with E-state index in [0.717, 1.165) is 0 Å². The number of halogens is 1. The second-order valence-electron chi connectivity index (χ2n) is 7.61. The smallest absolute Gasteiger partial charge is 0.263 e. The summed E-state index contributed by atoms with van der Waals surface area (Å²) in [4.78, 5) is 34.7. The average molecular weight is 459 g/mol. The van der Waals surface area contributed by atoms with Gasteiger partial charge in [-0.3, -0.25) is 14.2 Å². The molecule has 2 heterocycles. The highest BCUT2D eigenvalue weighted by Crippen LogP contribution is 2.24. The number of nitrogens with zero attached hydrogens (tertiary/aromatic N) is 3. The molecule has 0 bridgehead atoms. The molecule has 0 radical (unpaired) electrons. The highest BCUT2D eigenvalue weighted by atomic mass is 79.9. The summed E-state index contributed by atoms with van der Waals surface area (Å²) in [7, 11) is 0. The van der Waals surface area contributed by atoms with Gasteiger partial charge in [-0.2, -0.15) is 0 Å². The maximum absolute atomic E-state index is 13.2. The summed E-state index contributed by atoms with van der Waals surface area (Å²) in [5, 5.41) is 3.23. The number of hydrogen-bond acceptors (Lipinski definition) is 5. The van der Waals surface area contributed by atoms with Gasteiger partial charge in [-0.05, 0) is 61.8 Å². The number of ether oxygens (including phenoxy) is 1. The van der Waals surface area contributed by atoms with Crippen LogP contribution in [-0.4, -0.2) is 32.6 Å². The molecule has 0 aliphatic rings. The second-order valence-corrected chi connectivity index (χ2v) is 8.53. The average Bonchev–Trinajstić information content (AvgIpc) is 2.63. The minimum atomic E-state index is -0.412. The van der Waals surface area contributed by atoms with Crippen molar-refractivity contribution >= 4 is 32.9 Å². The van der Waals surface area contributed by atoms with Crippen LogP contribution in [0.4, 0.5) is 0 Å².